The zero-order valence-corrected chi connectivity index (χ0v) is 33.8. The molecule has 0 aliphatic heterocycles. The lowest BCUT2D eigenvalue weighted by Gasteiger charge is -2.25. The van der Waals surface area contributed by atoms with Crippen LogP contribution in [0, 0.1) is 41.4 Å². The Labute approximate surface area is 296 Å². The molecule has 4 heteroatoms. The van der Waals surface area contributed by atoms with Crippen molar-refractivity contribution in [1.29, 1.82) is 0 Å². The molecule has 0 heterocycles. The van der Waals surface area contributed by atoms with Crippen molar-refractivity contribution < 1.29 is 19.7 Å². The van der Waals surface area contributed by atoms with E-state index in [2.05, 4.69) is 62.3 Å². The lowest BCUT2D eigenvalue weighted by molar-refractivity contribution is -0.0644. The Hall–Kier alpha value is -0.160. The maximum atomic E-state index is 10.9. The van der Waals surface area contributed by atoms with Crippen LogP contribution < -0.4 is 0 Å². The number of ether oxygens (including phenoxy) is 2. The zero-order valence-electron chi connectivity index (χ0n) is 33.8. The summed E-state index contributed by atoms with van der Waals surface area (Å²) in [6.07, 6.45) is 24.7. The molecule has 0 rings (SSSR count). The number of rotatable bonds is 34. The number of aliphatic hydroxyl groups excluding tert-OH is 1. The maximum Gasteiger partial charge on any atom is 0.104 e. The van der Waals surface area contributed by atoms with Crippen LogP contribution in [0.15, 0.2) is 0 Å². The van der Waals surface area contributed by atoms with Crippen molar-refractivity contribution in [3.05, 3.63) is 0 Å². The third kappa shape index (κ3) is 31.6. The average Bonchev–Trinajstić information content (AvgIpc) is 2.97. The molecular formula is C43H88O4. The van der Waals surface area contributed by atoms with Gasteiger partial charge in [0.15, 0.2) is 0 Å². The molecule has 4 nitrogen and oxygen atoms in total. The zero-order chi connectivity index (χ0) is 35.5. The topological polar surface area (TPSA) is 58.9 Å². The van der Waals surface area contributed by atoms with E-state index in [9.17, 15) is 10.2 Å². The van der Waals surface area contributed by atoms with Gasteiger partial charge >= 0.3 is 0 Å². The molecular weight excluding hydrogens is 580 g/mol. The molecule has 0 bridgehead atoms. The first-order valence-electron chi connectivity index (χ1n) is 20.8. The van der Waals surface area contributed by atoms with E-state index in [-0.39, 0.29) is 12.7 Å². The Morgan fingerprint density at radius 3 is 1.21 bits per heavy atom. The molecule has 0 aromatic carbocycles. The molecule has 0 spiro atoms. The molecule has 47 heavy (non-hydrogen) atoms. The second kappa shape index (κ2) is 29.6. The highest BCUT2D eigenvalue weighted by Gasteiger charge is 2.21. The van der Waals surface area contributed by atoms with E-state index in [4.69, 9.17) is 9.47 Å². The lowest BCUT2D eigenvalue weighted by atomic mass is 9.89. The predicted molar refractivity (Wildman–Crippen MR) is 206 cm³/mol. The average molecular weight is 669 g/mol. The van der Waals surface area contributed by atoms with Gasteiger partial charge < -0.3 is 19.7 Å². The highest BCUT2D eigenvalue weighted by Crippen LogP contribution is 2.25. The second-order valence-electron chi connectivity index (χ2n) is 17.6. The van der Waals surface area contributed by atoms with Crippen molar-refractivity contribution >= 4 is 0 Å². The Morgan fingerprint density at radius 1 is 0.468 bits per heavy atom. The number of hydrogen-bond donors (Lipinski definition) is 2. The van der Waals surface area contributed by atoms with Gasteiger partial charge in [-0.05, 0) is 67.6 Å². The fourth-order valence-electron chi connectivity index (χ4n) is 6.97. The highest BCUT2D eigenvalue weighted by atomic mass is 16.5. The summed E-state index contributed by atoms with van der Waals surface area (Å²) < 4.78 is 11.8. The van der Waals surface area contributed by atoms with Crippen LogP contribution in [0.1, 0.15) is 198 Å². The summed E-state index contributed by atoms with van der Waals surface area (Å²) in [5.74, 6) is 5.62. The molecule has 284 valence electrons. The summed E-state index contributed by atoms with van der Waals surface area (Å²) in [5.41, 5.74) is -0.718. The third-order valence-corrected chi connectivity index (χ3v) is 10.8. The van der Waals surface area contributed by atoms with Crippen molar-refractivity contribution in [3.63, 3.8) is 0 Å². The summed E-state index contributed by atoms with van der Waals surface area (Å²) in [5, 5.41) is 20.7. The molecule has 0 fully saturated rings. The first-order valence-corrected chi connectivity index (χ1v) is 20.8. The van der Waals surface area contributed by atoms with Gasteiger partial charge in [0.2, 0.25) is 0 Å². The van der Waals surface area contributed by atoms with E-state index in [1.165, 1.54) is 103 Å². The van der Waals surface area contributed by atoms with Gasteiger partial charge in [0.05, 0.1) is 18.8 Å². The van der Waals surface area contributed by atoms with Crippen LogP contribution in [-0.4, -0.2) is 48.3 Å². The van der Waals surface area contributed by atoms with Crippen LogP contribution in [-0.2, 0) is 9.47 Å². The van der Waals surface area contributed by atoms with Gasteiger partial charge in [-0.15, -0.1) is 0 Å². The summed E-state index contributed by atoms with van der Waals surface area (Å²) in [7, 11) is 0. The highest BCUT2D eigenvalue weighted by molar-refractivity contribution is 4.73. The van der Waals surface area contributed by atoms with Gasteiger partial charge in [-0.2, -0.15) is 0 Å². The van der Waals surface area contributed by atoms with Crippen LogP contribution in [0.5, 0.6) is 0 Å². The van der Waals surface area contributed by atoms with Crippen molar-refractivity contribution in [1.82, 2.24) is 0 Å². The fourth-order valence-corrected chi connectivity index (χ4v) is 6.97. The van der Waals surface area contributed by atoms with Gasteiger partial charge in [0, 0.05) is 13.2 Å². The summed E-state index contributed by atoms with van der Waals surface area (Å²) >= 11 is 0. The predicted octanol–water partition coefficient (Wildman–Crippen LogP) is 12.4. The minimum atomic E-state index is -0.718. The molecule has 0 aromatic rings. The van der Waals surface area contributed by atoms with Crippen molar-refractivity contribution in [2.45, 2.75) is 209 Å². The van der Waals surface area contributed by atoms with E-state index < -0.39 is 5.60 Å². The Bertz CT molecular complexity index is 662. The fraction of sp³-hybridized carbons (Fsp3) is 1.00. The summed E-state index contributed by atoms with van der Waals surface area (Å²) in [6.45, 7) is 24.8. The van der Waals surface area contributed by atoms with Crippen LogP contribution in [0.2, 0.25) is 0 Å². The molecule has 0 radical (unpaired) electrons. The Balaban J connectivity index is 3.89. The Kier molecular flexibility index (Phi) is 29.5. The molecule has 0 aliphatic rings. The molecule has 0 saturated heterocycles. The minimum absolute atomic E-state index is 0.0415. The normalized spacial score (nSPS) is 17.5. The quantitative estimate of drug-likeness (QED) is 0.0670. The van der Waals surface area contributed by atoms with E-state index in [1.807, 2.05) is 6.92 Å². The van der Waals surface area contributed by atoms with E-state index in [0.717, 1.165) is 61.4 Å². The molecule has 0 amide bonds. The standard InChI is InChI=1S/C43H88O4/c1-35(2)17-11-19-37(5)21-13-23-39(7)24-15-26-41(9)28-31-46-34-42(33-44)47-32-30-43(10,45)29-16-27-40(8)25-14-22-38(6)20-12-18-36(3)4/h35-42,44-45H,11-34H2,1-10H3/t37?,38?,39?,40?,41?,42?,43-/m1/s1. The first kappa shape index (κ1) is 46.8. The summed E-state index contributed by atoms with van der Waals surface area (Å²) in [6, 6.07) is 0. The second-order valence-corrected chi connectivity index (χ2v) is 17.6. The lowest BCUT2D eigenvalue weighted by Crippen LogP contribution is -2.30. The molecule has 6 unspecified atom stereocenters. The SMILES string of the molecule is CC(C)CCCC(C)CCCC(C)CCCC(C)CCOCC(CO)OCC[C@](C)(O)CCCC(C)CCCC(C)CCCC(C)C. The van der Waals surface area contributed by atoms with Gasteiger partial charge in [-0.3, -0.25) is 0 Å². The van der Waals surface area contributed by atoms with Crippen LogP contribution in [0.4, 0.5) is 0 Å². The van der Waals surface area contributed by atoms with Gasteiger partial charge in [-0.25, -0.2) is 0 Å². The molecule has 0 aromatic heterocycles. The largest absolute Gasteiger partial charge is 0.394 e. The molecule has 0 aliphatic carbocycles. The van der Waals surface area contributed by atoms with Gasteiger partial charge in [0.1, 0.15) is 6.10 Å². The molecule has 0 saturated carbocycles. The van der Waals surface area contributed by atoms with E-state index >= 15 is 0 Å². The van der Waals surface area contributed by atoms with Gasteiger partial charge in [-0.1, -0.05) is 171 Å². The van der Waals surface area contributed by atoms with Crippen LogP contribution >= 0.6 is 0 Å². The van der Waals surface area contributed by atoms with Crippen LogP contribution in [0.25, 0.3) is 0 Å². The van der Waals surface area contributed by atoms with Crippen LogP contribution in [0.3, 0.4) is 0 Å². The smallest absolute Gasteiger partial charge is 0.104 e. The molecule has 2 N–H and O–H groups in total. The van der Waals surface area contributed by atoms with Crippen molar-refractivity contribution in [2.24, 2.45) is 41.4 Å². The van der Waals surface area contributed by atoms with E-state index in [0.29, 0.717) is 25.6 Å². The van der Waals surface area contributed by atoms with E-state index in [1.54, 1.807) is 0 Å². The number of hydrogen-bond acceptors (Lipinski definition) is 4. The maximum absolute atomic E-state index is 10.9. The molecule has 7 atom stereocenters. The van der Waals surface area contributed by atoms with Crippen molar-refractivity contribution in [3.8, 4) is 0 Å². The third-order valence-electron chi connectivity index (χ3n) is 10.8. The van der Waals surface area contributed by atoms with Gasteiger partial charge in [0.25, 0.3) is 0 Å². The first-order chi connectivity index (χ1) is 22.2. The minimum Gasteiger partial charge on any atom is -0.394 e. The summed E-state index contributed by atoms with van der Waals surface area (Å²) in [4.78, 5) is 0. The van der Waals surface area contributed by atoms with Crippen molar-refractivity contribution in [2.75, 3.05) is 26.4 Å². The Morgan fingerprint density at radius 2 is 0.830 bits per heavy atom. The monoisotopic (exact) mass is 669 g/mol. The number of aliphatic hydroxyl groups is 2.